The maximum Gasteiger partial charge on any atom is 0.257 e. The van der Waals surface area contributed by atoms with Crippen LogP contribution in [0.3, 0.4) is 0 Å². The van der Waals surface area contributed by atoms with E-state index >= 15 is 0 Å². The number of halogens is 1. The normalized spacial score (nSPS) is 20.1. The fourth-order valence-electron chi connectivity index (χ4n) is 3.84. The lowest BCUT2D eigenvalue weighted by atomic mass is 9.81. The van der Waals surface area contributed by atoms with Gasteiger partial charge in [-0.25, -0.2) is 0 Å². The Morgan fingerprint density at radius 1 is 1.04 bits per heavy atom. The molecule has 0 aromatic carbocycles. The monoisotopic (exact) mass is 369 g/mol. The van der Waals surface area contributed by atoms with E-state index in [1.54, 1.807) is 17.9 Å². The van der Waals surface area contributed by atoms with Crippen molar-refractivity contribution in [2.24, 2.45) is 5.73 Å². The second-order valence-corrected chi connectivity index (χ2v) is 7.13. The Hall–Kier alpha value is -1.53. The molecule has 2 aliphatic rings. The van der Waals surface area contributed by atoms with Crippen LogP contribution in [0.15, 0.2) is 10.5 Å². The summed E-state index contributed by atoms with van der Waals surface area (Å²) < 4.78 is 5.45. The van der Waals surface area contributed by atoms with Gasteiger partial charge in [0.25, 0.3) is 5.91 Å². The molecular formula is C18H28ClN3O3. The first kappa shape index (κ1) is 19.8. The summed E-state index contributed by atoms with van der Waals surface area (Å²) in [6.45, 7) is 5.85. The van der Waals surface area contributed by atoms with Crippen molar-refractivity contribution in [3.05, 3.63) is 23.2 Å². The van der Waals surface area contributed by atoms with Gasteiger partial charge in [0.1, 0.15) is 11.5 Å². The number of aryl methyl sites for hydroxylation is 2. The standard InChI is InChI=1S/C18H27N3O3.ClH/c1-13-12-15(14(2)24-13)16(22)20-8-10-21(11-9-20)17(23)18(19)6-4-3-5-7-18;/h12H,3-11,19H2,1-2H3;1H. The summed E-state index contributed by atoms with van der Waals surface area (Å²) in [5.41, 5.74) is 6.29. The van der Waals surface area contributed by atoms with Gasteiger partial charge in [-0.1, -0.05) is 19.3 Å². The highest BCUT2D eigenvalue weighted by atomic mass is 35.5. The summed E-state index contributed by atoms with van der Waals surface area (Å²) in [4.78, 5) is 29.0. The molecule has 7 heteroatoms. The lowest BCUT2D eigenvalue weighted by Crippen LogP contribution is -2.60. The predicted molar refractivity (Wildman–Crippen MR) is 97.9 cm³/mol. The van der Waals surface area contributed by atoms with Gasteiger partial charge in [0, 0.05) is 26.2 Å². The predicted octanol–water partition coefficient (Wildman–Crippen LogP) is 2.26. The molecular weight excluding hydrogens is 342 g/mol. The average Bonchev–Trinajstić information content (AvgIpc) is 2.93. The molecule has 1 saturated heterocycles. The topological polar surface area (TPSA) is 79.8 Å². The van der Waals surface area contributed by atoms with Crippen LogP contribution < -0.4 is 5.73 Å². The van der Waals surface area contributed by atoms with Gasteiger partial charge in [0.05, 0.1) is 11.1 Å². The highest BCUT2D eigenvalue weighted by Crippen LogP contribution is 2.28. The minimum absolute atomic E-state index is 0. The third kappa shape index (κ3) is 4.01. The van der Waals surface area contributed by atoms with Gasteiger partial charge in [-0.2, -0.15) is 0 Å². The number of carbonyl (C=O) groups excluding carboxylic acids is 2. The molecule has 0 unspecified atom stereocenters. The van der Waals surface area contributed by atoms with E-state index in [9.17, 15) is 9.59 Å². The molecule has 25 heavy (non-hydrogen) atoms. The minimum Gasteiger partial charge on any atom is -0.466 e. The van der Waals surface area contributed by atoms with Crippen LogP contribution in [0, 0.1) is 13.8 Å². The van der Waals surface area contributed by atoms with Crippen molar-refractivity contribution in [2.75, 3.05) is 26.2 Å². The molecule has 2 fully saturated rings. The Bertz CT molecular complexity index is 630. The molecule has 1 aromatic heterocycles. The molecule has 1 aliphatic carbocycles. The van der Waals surface area contributed by atoms with Crippen LogP contribution >= 0.6 is 12.4 Å². The second-order valence-electron chi connectivity index (χ2n) is 7.13. The third-order valence-corrected chi connectivity index (χ3v) is 5.30. The average molecular weight is 370 g/mol. The lowest BCUT2D eigenvalue weighted by Gasteiger charge is -2.41. The van der Waals surface area contributed by atoms with Crippen molar-refractivity contribution in [1.29, 1.82) is 0 Å². The molecule has 1 aliphatic heterocycles. The summed E-state index contributed by atoms with van der Waals surface area (Å²) in [7, 11) is 0. The molecule has 2 amide bonds. The van der Waals surface area contributed by atoms with Gasteiger partial charge in [0.15, 0.2) is 0 Å². The molecule has 0 radical (unpaired) electrons. The van der Waals surface area contributed by atoms with Crippen LogP contribution in [-0.4, -0.2) is 53.3 Å². The number of rotatable bonds is 2. The molecule has 1 saturated carbocycles. The largest absolute Gasteiger partial charge is 0.466 e. The zero-order valence-electron chi connectivity index (χ0n) is 15.0. The SMILES string of the molecule is Cc1cc(C(=O)N2CCN(C(=O)C3(N)CCCCC3)CC2)c(C)o1.Cl. The van der Waals surface area contributed by atoms with Crippen molar-refractivity contribution in [1.82, 2.24) is 9.80 Å². The molecule has 140 valence electrons. The maximum absolute atomic E-state index is 12.8. The first-order valence-corrected chi connectivity index (χ1v) is 8.85. The van der Waals surface area contributed by atoms with Crippen LogP contribution in [-0.2, 0) is 4.79 Å². The van der Waals surface area contributed by atoms with Crippen LogP contribution in [0.25, 0.3) is 0 Å². The number of nitrogens with two attached hydrogens (primary N) is 1. The van der Waals surface area contributed by atoms with E-state index in [1.165, 1.54) is 0 Å². The summed E-state index contributed by atoms with van der Waals surface area (Å²) in [5.74, 6) is 1.44. The van der Waals surface area contributed by atoms with E-state index in [0.717, 1.165) is 37.9 Å². The van der Waals surface area contributed by atoms with Gasteiger partial charge in [-0.15, -0.1) is 12.4 Å². The van der Waals surface area contributed by atoms with Crippen molar-refractivity contribution < 1.29 is 14.0 Å². The van der Waals surface area contributed by atoms with E-state index in [0.29, 0.717) is 37.5 Å². The van der Waals surface area contributed by atoms with Gasteiger partial charge < -0.3 is 20.0 Å². The van der Waals surface area contributed by atoms with Crippen LogP contribution in [0.2, 0.25) is 0 Å². The minimum atomic E-state index is -0.692. The Balaban J connectivity index is 0.00000225. The van der Waals surface area contributed by atoms with Crippen LogP contribution in [0.5, 0.6) is 0 Å². The first-order valence-electron chi connectivity index (χ1n) is 8.85. The fourth-order valence-corrected chi connectivity index (χ4v) is 3.84. The van der Waals surface area contributed by atoms with Crippen molar-refractivity contribution >= 4 is 24.2 Å². The Kier molecular flexibility index (Phi) is 6.16. The summed E-state index contributed by atoms with van der Waals surface area (Å²) in [6, 6.07) is 1.78. The van der Waals surface area contributed by atoms with Gasteiger partial charge in [-0.05, 0) is 32.8 Å². The van der Waals surface area contributed by atoms with Crippen LogP contribution in [0.4, 0.5) is 0 Å². The summed E-state index contributed by atoms with van der Waals surface area (Å²) in [6.07, 6.45) is 4.77. The maximum atomic E-state index is 12.8. The zero-order chi connectivity index (χ0) is 17.3. The van der Waals surface area contributed by atoms with E-state index in [4.69, 9.17) is 10.2 Å². The van der Waals surface area contributed by atoms with Crippen molar-refractivity contribution in [3.63, 3.8) is 0 Å². The highest BCUT2D eigenvalue weighted by molar-refractivity contribution is 5.95. The Morgan fingerprint density at radius 3 is 2.12 bits per heavy atom. The molecule has 3 rings (SSSR count). The molecule has 0 spiro atoms. The molecule has 1 aromatic rings. The molecule has 2 N–H and O–H groups in total. The molecule has 6 nitrogen and oxygen atoms in total. The van der Waals surface area contributed by atoms with Gasteiger partial charge >= 0.3 is 0 Å². The first-order chi connectivity index (χ1) is 11.4. The van der Waals surface area contributed by atoms with Crippen molar-refractivity contribution in [3.8, 4) is 0 Å². The van der Waals surface area contributed by atoms with Crippen molar-refractivity contribution in [2.45, 2.75) is 51.5 Å². The number of amides is 2. The Morgan fingerprint density at radius 2 is 1.60 bits per heavy atom. The van der Waals surface area contributed by atoms with E-state index in [2.05, 4.69) is 0 Å². The van der Waals surface area contributed by atoms with E-state index < -0.39 is 5.54 Å². The van der Waals surface area contributed by atoms with E-state index in [-0.39, 0.29) is 24.2 Å². The summed E-state index contributed by atoms with van der Waals surface area (Å²) in [5, 5.41) is 0. The number of nitrogens with zero attached hydrogens (tertiary/aromatic N) is 2. The summed E-state index contributed by atoms with van der Waals surface area (Å²) >= 11 is 0. The smallest absolute Gasteiger partial charge is 0.257 e. The Labute approximate surface area is 155 Å². The number of hydrogen-bond acceptors (Lipinski definition) is 4. The van der Waals surface area contributed by atoms with E-state index in [1.807, 2.05) is 11.8 Å². The number of carbonyl (C=O) groups is 2. The molecule has 0 atom stereocenters. The van der Waals surface area contributed by atoms with Gasteiger partial charge in [-0.3, -0.25) is 9.59 Å². The van der Waals surface area contributed by atoms with Gasteiger partial charge in [0.2, 0.25) is 5.91 Å². The quantitative estimate of drug-likeness (QED) is 0.867. The highest BCUT2D eigenvalue weighted by Gasteiger charge is 2.39. The second kappa shape index (κ2) is 7.79. The number of hydrogen-bond donors (Lipinski definition) is 1. The molecule has 2 heterocycles. The fraction of sp³-hybridized carbons (Fsp3) is 0.667. The van der Waals surface area contributed by atoms with Crippen LogP contribution in [0.1, 0.15) is 54.0 Å². The number of furan rings is 1. The number of piperazine rings is 1. The zero-order valence-corrected chi connectivity index (χ0v) is 15.9. The lowest BCUT2D eigenvalue weighted by molar-refractivity contribution is -0.139. The third-order valence-electron chi connectivity index (χ3n) is 5.30. The molecule has 0 bridgehead atoms.